The second kappa shape index (κ2) is 9.36. The van der Waals surface area contributed by atoms with Gasteiger partial charge >= 0.3 is 0 Å². The van der Waals surface area contributed by atoms with Crippen LogP contribution in [0.2, 0.25) is 0 Å². The third-order valence-electron chi connectivity index (χ3n) is 5.08. The predicted molar refractivity (Wildman–Crippen MR) is 106 cm³/mol. The molecule has 1 aromatic rings. The Morgan fingerprint density at radius 3 is 2.52 bits per heavy atom. The van der Waals surface area contributed by atoms with Gasteiger partial charge in [0.05, 0.1) is 18.2 Å². The SMILES string of the molecule is CCOC(=S)N1CC2CC(CN(CC(O)COc3ccc(C#N)cc3)C2)C1. The molecule has 3 unspecified atom stereocenters. The highest BCUT2D eigenvalue weighted by atomic mass is 32.1. The minimum Gasteiger partial charge on any atom is -0.491 e. The summed E-state index contributed by atoms with van der Waals surface area (Å²) < 4.78 is 11.1. The summed E-state index contributed by atoms with van der Waals surface area (Å²) in [6, 6.07) is 9.02. The van der Waals surface area contributed by atoms with Gasteiger partial charge in [0, 0.05) is 32.7 Å². The van der Waals surface area contributed by atoms with Crippen LogP contribution in [0.15, 0.2) is 24.3 Å². The Morgan fingerprint density at radius 2 is 1.93 bits per heavy atom. The number of fused-ring (bicyclic) bond motifs is 2. The Kier molecular flexibility index (Phi) is 6.89. The number of hydrogen-bond acceptors (Lipinski definition) is 6. The van der Waals surface area contributed by atoms with Crippen molar-refractivity contribution in [2.24, 2.45) is 11.8 Å². The number of aliphatic hydroxyl groups is 1. The summed E-state index contributed by atoms with van der Waals surface area (Å²) in [7, 11) is 0. The molecule has 2 fully saturated rings. The first-order chi connectivity index (χ1) is 13.1. The number of ether oxygens (including phenoxy) is 2. The molecule has 3 rings (SSSR count). The fraction of sp³-hybridized carbons (Fsp3) is 0.600. The standard InChI is InChI=1S/C20H27N3O3S/c1-2-25-20(27)23-11-16-7-17(12-23)10-22(9-16)13-18(24)14-26-19-5-3-15(8-21)4-6-19/h3-6,16-18,24H,2,7,9-14H2,1H3. The van der Waals surface area contributed by atoms with Gasteiger partial charge in [-0.15, -0.1) is 0 Å². The van der Waals surface area contributed by atoms with Gasteiger partial charge in [-0.05, 0) is 61.7 Å². The zero-order chi connectivity index (χ0) is 19.2. The van der Waals surface area contributed by atoms with Crippen molar-refractivity contribution in [2.75, 3.05) is 45.9 Å². The molecular weight excluding hydrogens is 362 g/mol. The first-order valence-electron chi connectivity index (χ1n) is 9.52. The van der Waals surface area contributed by atoms with Gasteiger partial charge in [0.25, 0.3) is 5.17 Å². The molecule has 0 aliphatic carbocycles. The van der Waals surface area contributed by atoms with Crippen LogP contribution in [0.5, 0.6) is 5.75 Å². The van der Waals surface area contributed by atoms with Gasteiger partial charge in [0.2, 0.25) is 0 Å². The summed E-state index contributed by atoms with van der Waals surface area (Å²) in [6.45, 7) is 7.23. The number of likely N-dealkylation sites (tertiary alicyclic amines) is 2. The lowest BCUT2D eigenvalue weighted by molar-refractivity contribution is 0.0109. The van der Waals surface area contributed by atoms with E-state index in [-0.39, 0.29) is 6.61 Å². The molecule has 6 nitrogen and oxygen atoms in total. The van der Waals surface area contributed by atoms with Crippen molar-refractivity contribution in [2.45, 2.75) is 19.4 Å². The van der Waals surface area contributed by atoms with E-state index in [0.717, 1.165) is 26.2 Å². The summed E-state index contributed by atoms with van der Waals surface area (Å²) in [5, 5.41) is 19.8. The normalized spacial score (nSPS) is 23.4. The highest BCUT2D eigenvalue weighted by molar-refractivity contribution is 7.80. The fourth-order valence-corrected chi connectivity index (χ4v) is 4.34. The van der Waals surface area contributed by atoms with E-state index in [2.05, 4.69) is 15.9 Å². The molecule has 0 amide bonds. The molecule has 0 saturated carbocycles. The van der Waals surface area contributed by atoms with Crippen LogP contribution < -0.4 is 4.74 Å². The second-order valence-electron chi connectivity index (χ2n) is 7.39. The number of hydrogen-bond donors (Lipinski definition) is 1. The van der Waals surface area contributed by atoms with Gasteiger partial charge < -0.3 is 19.5 Å². The average molecular weight is 390 g/mol. The van der Waals surface area contributed by atoms with Crippen LogP contribution in [-0.2, 0) is 4.74 Å². The number of aliphatic hydroxyl groups excluding tert-OH is 1. The number of nitrogens with zero attached hydrogens (tertiary/aromatic N) is 3. The van der Waals surface area contributed by atoms with Crippen molar-refractivity contribution in [1.29, 1.82) is 5.26 Å². The molecule has 2 aliphatic rings. The molecule has 2 saturated heterocycles. The second-order valence-corrected chi connectivity index (χ2v) is 7.74. The van der Waals surface area contributed by atoms with Gasteiger partial charge in [-0.3, -0.25) is 4.90 Å². The molecule has 0 spiro atoms. The van der Waals surface area contributed by atoms with Gasteiger partial charge in [-0.2, -0.15) is 5.26 Å². The van der Waals surface area contributed by atoms with E-state index in [4.69, 9.17) is 27.0 Å². The van der Waals surface area contributed by atoms with Crippen LogP contribution in [0, 0.1) is 23.2 Å². The third kappa shape index (κ3) is 5.55. The molecule has 146 valence electrons. The van der Waals surface area contributed by atoms with E-state index in [1.165, 1.54) is 6.42 Å². The van der Waals surface area contributed by atoms with E-state index in [1.807, 2.05) is 6.92 Å². The van der Waals surface area contributed by atoms with Gasteiger partial charge in [-0.25, -0.2) is 0 Å². The number of thiocarbonyl (C=S) groups is 1. The fourth-order valence-electron chi connectivity index (χ4n) is 4.07. The molecule has 2 aliphatic heterocycles. The number of β-amino-alcohol motifs (C(OH)–C–C–N with tert-alkyl or cyclic N) is 1. The molecule has 7 heteroatoms. The summed E-state index contributed by atoms with van der Waals surface area (Å²) >= 11 is 5.36. The molecule has 2 bridgehead atoms. The van der Waals surface area contributed by atoms with Crippen LogP contribution in [0.25, 0.3) is 0 Å². The molecule has 1 aromatic carbocycles. The monoisotopic (exact) mass is 389 g/mol. The highest BCUT2D eigenvalue weighted by Gasteiger charge is 2.35. The summed E-state index contributed by atoms with van der Waals surface area (Å²) in [5.74, 6) is 1.79. The largest absolute Gasteiger partial charge is 0.491 e. The first-order valence-corrected chi connectivity index (χ1v) is 9.93. The highest BCUT2D eigenvalue weighted by Crippen LogP contribution is 2.29. The summed E-state index contributed by atoms with van der Waals surface area (Å²) in [4.78, 5) is 4.53. The molecule has 0 radical (unpaired) electrons. The maximum absolute atomic E-state index is 10.4. The smallest absolute Gasteiger partial charge is 0.259 e. The summed E-state index contributed by atoms with van der Waals surface area (Å²) in [5.41, 5.74) is 0.598. The van der Waals surface area contributed by atoms with Crippen molar-refractivity contribution < 1.29 is 14.6 Å². The number of rotatable bonds is 6. The number of nitriles is 1. The van der Waals surface area contributed by atoms with Crippen LogP contribution in [0.4, 0.5) is 0 Å². The molecular formula is C20H27N3O3S. The molecule has 3 atom stereocenters. The zero-order valence-electron chi connectivity index (χ0n) is 15.7. The lowest BCUT2D eigenvalue weighted by Crippen LogP contribution is -2.55. The Bertz CT molecular complexity index is 662. The maximum Gasteiger partial charge on any atom is 0.259 e. The van der Waals surface area contributed by atoms with Crippen LogP contribution in [0.1, 0.15) is 18.9 Å². The topological polar surface area (TPSA) is 69.0 Å². The minimum absolute atomic E-state index is 0.248. The van der Waals surface area contributed by atoms with E-state index in [1.54, 1.807) is 24.3 Å². The van der Waals surface area contributed by atoms with Crippen molar-refractivity contribution in [3.63, 3.8) is 0 Å². The van der Waals surface area contributed by atoms with Gasteiger partial charge in [-0.1, -0.05) is 0 Å². The quantitative estimate of drug-likeness (QED) is 0.745. The van der Waals surface area contributed by atoms with Crippen molar-refractivity contribution >= 4 is 17.4 Å². The van der Waals surface area contributed by atoms with Crippen LogP contribution in [0.3, 0.4) is 0 Å². The van der Waals surface area contributed by atoms with Crippen molar-refractivity contribution in [1.82, 2.24) is 9.80 Å². The predicted octanol–water partition coefficient (Wildman–Crippen LogP) is 1.87. The van der Waals surface area contributed by atoms with E-state index in [0.29, 0.717) is 41.5 Å². The Hall–Kier alpha value is -1.88. The molecule has 1 N–H and O–H groups in total. The Labute approximate surface area is 166 Å². The minimum atomic E-state index is -0.542. The molecule has 2 heterocycles. The zero-order valence-corrected chi connectivity index (χ0v) is 16.5. The van der Waals surface area contributed by atoms with E-state index in [9.17, 15) is 5.11 Å². The lowest BCUT2D eigenvalue weighted by atomic mass is 9.85. The van der Waals surface area contributed by atoms with Gasteiger partial charge in [0.1, 0.15) is 18.5 Å². The summed E-state index contributed by atoms with van der Waals surface area (Å²) in [6.07, 6.45) is 0.680. The maximum atomic E-state index is 10.4. The Balaban J connectivity index is 1.44. The van der Waals surface area contributed by atoms with Gasteiger partial charge in [0.15, 0.2) is 0 Å². The van der Waals surface area contributed by atoms with E-state index >= 15 is 0 Å². The number of benzene rings is 1. The first kappa shape index (κ1) is 19.9. The average Bonchev–Trinajstić information content (AvgIpc) is 2.66. The molecule has 0 aromatic heterocycles. The Morgan fingerprint density at radius 1 is 1.26 bits per heavy atom. The van der Waals surface area contributed by atoms with Crippen LogP contribution >= 0.6 is 12.2 Å². The van der Waals surface area contributed by atoms with Crippen LogP contribution in [-0.4, -0.2) is 72.1 Å². The third-order valence-corrected chi connectivity index (χ3v) is 5.45. The lowest BCUT2D eigenvalue weighted by Gasteiger charge is -2.46. The number of piperidine rings is 2. The van der Waals surface area contributed by atoms with Crippen molar-refractivity contribution in [3.8, 4) is 11.8 Å². The van der Waals surface area contributed by atoms with Crippen molar-refractivity contribution in [3.05, 3.63) is 29.8 Å². The van der Waals surface area contributed by atoms with E-state index < -0.39 is 6.10 Å². The molecule has 27 heavy (non-hydrogen) atoms.